The summed E-state index contributed by atoms with van der Waals surface area (Å²) < 4.78 is 2.41. The lowest BCUT2D eigenvalue weighted by Crippen LogP contribution is -3.00. The van der Waals surface area contributed by atoms with E-state index < -0.39 is 0 Å². The van der Waals surface area contributed by atoms with Gasteiger partial charge in [-0.15, -0.1) is 0 Å². The highest BCUT2D eigenvalue weighted by atomic mass is 127. The van der Waals surface area contributed by atoms with Crippen LogP contribution in [-0.4, -0.2) is 112 Å². The number of piperazine rings is 2. The van der Waals surface area contributed by atoms with Crippen molar-refractivity contribution in [3.05, 3.63) is 0 Å². The van der Waals surface area contributed by atoms with Crippen LogP contribution in [-0.2, 0) is 0 Å². The molecule has 2 fully saturated rings. The number of hydrogen-bond acceptors (Lipinski definition) is 2. The molecule has 6 heteroatoms. The van der Waals surface area contributed by atoms with E-state index in [1.54, 1.807) is 0 Å². The van der Waals surface area contributed by atoms with Gasteiger partial charge >= 0.3 is 0 Å². The van der Waals surface area contributed by atoms with Gasteiger partial charge in [0.25, 0.3) is 0 Å². The highest BCUT2D eigenvalue weighted by molar-refractivity contribution is 4.65. The molecule has 2 aliphatic heterocycles. The monoisotopic (exact) mass is 538 g/mol. The molecule has 0 aromatic carbocycles. The third kappa shape index (κ3) is 8.41. The minimum Gasteiger partial charge on any atom is -1.00 e. The van der Waals surface area contributed by atoms with E-state index in [-0.39, 0.29) is 48.0 Å². The van der Waals surface area contributed by atoms with Gasteiger partial charge in [0, 0.05) is 26.2 Å². The fourth-order valence-corrected chi connectivity index (χ4v) is 3.21. The molecule has 0 radical (unpaired) electrons. The molecule has 2 heterocycles. The van der Waals surface area contributed by atoms with E-state index >= 15 is 0 Å². The summed E-state index contributed by atoms with van der Waals surface area (Å²) in [6.45, 7) is 13.1. The van der Waals surface area contributed by atoms with Crippen molar-refractivity contribution in [2.75, 3.05) is 93.6 Å². The Kier molecular flexibility index (Phi) is 10.9. The molecule has 2 rings (SSSR count). The molecule has 134 valence electrons. The minimum absolute atomic E-state index is 0. The predicted molar refractivity (Wildman–Crippen MR) is 85.8 cm³/mol. The highest BCUT2D eigenvalue weighted by Gasteiger charge is 2.25. The molecule has 0 atom stereocenters. The quantitative estimate of drug-likeness (QED) is 0.196. The molecule has 2 saturated heterocycles. The van der Waals surface area contributed by atoms with Gasteiger partial charge in [-0.3, -0.25) is 9.80 Å². The molecule has 0 saturated carbocycles. The van der Waals surface area contributed by atoms with Crippen LogP contribution in [0, 0.1) is 0 Å². The number of quaternary nitrogens is 2. The Bertz CT molecular complexity index is 261. The molecule has 22 heavy (non-hydrogen) atoms. The van der Waals surface area contributed by atoms with Crippen molar-refractivity contribution in [2.45, 2.75) is 12.8 Å². The lowest BCUT2D eigenvalue weighted by molar-refractivity contribution is -0.894. The number of unbranched alkanes of at least 4 members (excludes halogenated alkanes) is 1. The molecule has 0 spiro atoms. The van der Waals surface area contributed by atoms with Gasteiger partial charge in [-0.2, -0.15) is 0 Å². The lowest BCUT2D eigenvalue weighted by Gasteiger charge is -2.40. The molecule has 0 N–H and O–H groups in total. The molecular weight excluding hydrogens is 502 g/mol. The van der Waals surface area contributed by atoms with Crippen molar-refractivity contribution in [3.63, 3.8) is 0 Å². The lowest BCUT2D eigenvalue weighted by atomic mass is 10.2. The van der Waals surface area contributed by atoms with Crippen LogP contribution in [0.1, 0.15) is 12.8 Å². The molecule has 0 bridgehead atoms. The van der Waals surface area contributed by atoms with Gasteiger partial charge in [-0.1, -0.05) is 0 Å². The van der Waals surface area contributed by atoms with Crippen LogP contribution < -0.4 is 48.0 Å². The second-order valence-electron chi connectivity index (χ2n) is 8.16. The van der Waals surface area contributed by atoms with Crippen molar-refractivity contribution in [1.82, 2.24) is 9.80 Å². The van der Waals surface area contributed by atoms with Gasteiger partial charge in [0.1, 0.15) is 0 Å². The predicted octanol–water partition coefficient (Wildman–Crippen LogP) is -5.44. The number of nitrogens with zero attached hydrogens (tertiary/aromatic N) is 4. The summed E-state index contributed by atoms with van der Waals surface area (Å²) in [5.41, 5.74) is 0. The molecular formula is C16H36I2N4. The van der Waals surface area contributed by atoms with Crippen LogP contribution in [0.5, 0.6) is 0 Å². The van der Waals surface area contributed by atoms with Crippen LogP contribution in [0.15, 0.2) is 0 Å². The van der Waals surface area contributed by atoms with Crippen LogP contribution in [0.4, 0.5) is 0 Å². The van der Waals surface area contributed by atoms with Crippen LogP contribution in [0.3, 0.4) is 0 Å². The second-order valence-corrected chi connectivity index (χ2v) is 8.16. The third-order valence-corrected chi connectivity index (χ3v) is 5.28. The summed E-state index contributed by atoms with van der Waals surface area (Å²) in [6.07, 6.45) is 2.75. The Balaban J connectivity index is 0.00000220. The first-order chi connectivity index (χ1) is 9.36. The van der Waals surface area contributed by atoms with E-state index in [1.165, 1.54) is 87.3 Å². The molecule has 0 amide bonds. The standard InChI is InChI=1S/C16H36N4.2HI/c1-19(2)13-9-17(10-14-19)7-5-6-8-18-11-15-20(3,4)16-12-18;;/h5-16H2,1-4H3;2*1H/q+2;;/p-2. The number of hydrogen-bond donors (Lipinski definition) is 0. The van der Waals surface area contributed by atoms with Gasteiger partial charge in [0.05, 0.1) is 54.4 Å². The summed E-state index contributed by atoms with van der Waals surface area (Å²) in [4.78, 5) is 5.33. The zero-order valence-electron chi connectivity index (χ0n) is 15.0. The summed E-state index contributed by atoms with van der Waals surface area (Å²) in [5.74, 6) is 0. The van der Waals surface area contributed by atoms with E-state index in [9.17, 15) is 0 Å². The van der Waals surface area contributed by atoms with Crippen molar-refractivity contribution >= 4 is 0 Å². The summed E-state index contributed by atoms with van der Waals surface area (Å²) in [5, 5.41) is 0. The Morgan fingerprint density at radius 2 is 0.864 bits per heavy atom. The second kappa shape index (κ2) is 10.3. The summed E-state index contributed by atoms with van der Waals surface area (Å²) in [7, 11) is 9.42. The molecule has 4 nitrogen and oxygen atoms in total. The SMILES string of the molecule is C[N+]1(C)CCN(CCCCN2CC[N+](C)(C)CC2)CC1.[I-].[I-]. The van der Waals surface area contributed by atoms with E-state index in [2.05, 4.69) is 38.0 Å². The van der Waals surface area contributed by atoms with Gasteiger partial charge in [-0.25, -0.2) is 0 Å². The maximum Gasteiger partial charge on any atom is 0.0912 e. The Labute approximate surface area is 172 Å². The van der Waals surface area contributed by atoms with E-state index in [4.69, 9.17) is 0 Å². The van der Waals surface area contributed by atoms with Crippen molar-refractivity contribution < 1.29 is 56.9 Å². The van der Waals surface area contributed by atoms with Crippen LogP contribution >= 0.6 is 0 Å². The first-order valence-electron chi connectivity index (χ1n) is 8.45. The smallest absolute Gasteiger partial charge is 0.0912 e. The topological polar surface area (TPSA) is 6.48 Å². The largest absolute Gasteiger partial charge is 1.00 e. The molecule has 0 unspecified atom stereocenters. The zero-order chi connectivity index (χ0) is 14.6. The average Bonchev–Trinajstić information content (AvgIpc) is 2.38. The molecule has 0 aromatic rings. The normalized spacial score (nSPS) is 25.1. The zero-order valence-corrected chi connectivity index (χ0v) is 19.3. The minimum atomic E-state index is 0. The van der Waals surface area contributed by atoms with Gasteiger partial charge in [0.15, 0.2) is 0 Å². The first kappa shape index (κ1) is 23.3. The molecule has 0 aromatic heterocycles. The van der Waals surface area contributed by atoms with Crippen molar-refractivity contribution in [1.29, 1.82) is 0 Å². The fourth-order valence-electron chi connectivity index (χ4n) is 3.21. The van der Waals surface area contributed by atoms with E-state index in [1.807, 2.05) is 0 Å². The number of likely N-dealkylation sites (N-methyl/N-ethyl adjacent to an activating group) is 2. The van der Waals surface area contributed by atoms with Crippen molar-refractivity contribution in [2.24, 2.45) is 0 Å². The summed E-state index contributed by atoms with van der Waals surface area (Å²) >= 11 is 0. The Morgan fingerprint density at radius 3 is 1.14 bits per heavy atom. The maximum absolute atomic E-state index is 2.67. The fraction of sp³-hybridized carbons (Fsp3) is 1.00. The Hall–Kier alpha value is 1.30. The third-order valence-electron chi connectivity index (χ3n) is 5.28. The maximum atomic E-state index is 2.67. The van der Waals surface area contributed by atoms with Crippen molar-refractivity contribution in [3.8, 4) is 0 Å². The Morgan fingerprint density at radius 1 is 0.591 bits per heavy atom. The van der Waals surface area contributed by atoms with E-state index in [0.717, 1.165) is 0 Å². The summed E-state index contributed by atoms with van der Waals surface area (Å²) in [6, 6.07) is 0. The van der Waals surface area contributed by atoms with Gasteiger partial charge < -0.3 is 56.9 Å². The average molecular weight is 538 g/mol. The van der Waals surface area contributed by atoms with E-state index in [0.29, 0.717) is 0 Å². The van der Waals surface area contributed by atoms with Gasteiger partial charge in [-0.05, 0) is 25.9 Å². The van der Waals surface area contributed by atoms with Crippen LogP contribution in [0.2, 0.25) is 0 Å². The van der Waals surface area contributed by atoms with Gasteiger partial charge in [0.2, 0.25) is 0 Å². The number of halogens is 2. The molecule has 0 aliphatic carbocycles. The number of rotatable bonds is 5. The highest BCUT2D eigenvalue weighted by Crippen LogP contribution is 2.10. The van der Waals surface area contributed by atoms with Crippen LogP contribution in [0.25, 0.3) is 0 Å². The first-order valence-corrected chi connectivity index (χ1v) is 8.45. The molecule has 2 aliphatic rings.